The number of amides is 2. The molecule has 0 spiro atoms. The quantitative estimate of drug-likeness (QED) is 0.874. The van der Waals surface area contributed by atoms with E-state index >= 15 is 0 Å². The topological polar surface area (TPSA) is 45.2 Å². The predicted molar refractivity (Wildman–Crippen MR) is 99.1 cm³/mol. The fourth-order valence-electron chi connectivity index (χ4n) is 5.48. The predicted octanol–water partition coefficient (Wildman–Crippen LogP) is 4.53. The minimum absolute atomic E-state index is 0.131. The smallest absolute Gasteiger partial charge is 0.317 e. The van der Waals surface area contributed by atoms with Gasteiger partial charge in [0.15, 0.2) is 0 Å². The molecule has 1 aliphatic heterocycles. The van der Waals surface area contributed by atoms with Crippen LogP contribution in [0.4, 0.5) is 4.79 Å². The molecule has 0 unspecified atom stereocenters. The number of likely N-dealkylation sites (tertiary alicyclic amines) is 1. The number of fused-ring (bicyclic) bond motifs is 2. The molecule has 0 aromatic carbocycles. The van der Waals surface area contributed by atoms with E-state index in [1.807, 2.05) is 12.4 Å². The highest BCUT2D eigenvalue weighted by Crippen LogP contribution is 2.49. The highest BCUT2D eigenvalue weighted by Gasteiger charge is 2.39. The van der Waals surface area contributed by atoms with Crippen molar-refractivity contribution in [3.8, 4) is 0 Å². The minimum atomic E-state index is 0.131. The Kier molecular flexibility index (Phi) is 5.23. The maximum Gasteiger partial charge on any atom is 0.317 e. The van der Waals surface area contributed by atoms with E-state index in [0.717, 1.165) is 43.7 Å². The molecule has 25 heavy (non-hydrogen) atoms. The minimum Gasteiger partial charge on any atom is -0.338 e. The van der Waals surface area contributed by atoms with Crippen molar-refractivity contribution in [2.75, 3.05) is 13.1 Å². The first kappa shape index (κ1) is 16.9. The number of aromatic nitrogens is 1. The van der Waals surface area contributed by atoms with Crippen molar-refractivity contribution < 1.29 is 4.79 Å². The summed E-state index contributed by atoms with van der Waals surface area (Å²) in [5, 5.41) is 3.24. The van der Waals surface area contributed by atoms with Gasteiger partial charge in [-0.1, -0.05) is 19.3 Å². The van der Waals surface area contributed by atoms with Crippen molar-refractivity contribution in [2.24, 2.45) is 17.8 Å². The van der Waals surface area contributed by atoms with Gasteiger partial charge in [-0.05, 0) is 74.0 Å². The molecule has 4 atom stereocenters. The van der Waals surface area contributed by atoms with E-state index in [9.17, 15) is 4.79 Å². The van der Waals surface area contributed by atoms with Gasteiger partial charge in [-0.15, -0.1) is 0 Å². The summed E-state index contributed by atoms with van der Waals surface area (Å²) in [6, 6.07) is 4.46. The molecule has 1 aromatic heterocycles. The lowest BCUT2D eigenvalue weighted by molar-refractivity contribution is 0.174. The summed E-state index contributed by atoms with van der Waals surface area (Å²) in [6.07, 6.45) is 15.2. The third-order valence-corrected chi connectivity index (χ3v) is 6.78. The van der Waals surface area contributed by atoms with Gasteiger partial charge in [-0.25, -0.2) is 4.79 Å². The molecule has 3 fully saturated rings. The molecular formula is C21H31N3O. The van der Waals surface area contributed by atoms with Gasteiger partial charge in [0.1, 0.15) is 0 Å². The molecular weight excluding hydrogens is 310 g/mol. The van der Waals surface area contributed by atoms with E-state index in [1.165, 1.54) is 50.5 Å². The first-order valence-corrected chi connectivity index (χ1v) is 10.3. The van der Waals surface area contributed by atoms with Gasteiger partial charge in [-0.3, -0.25) is 4.98 Å². The Bertz CT molecular complexity index is 576. The number of rotatable bonds is 4. The van der Waals surface area contributed by atoms with Crippen LogP contribution in [-0.4, -0.2) is 29.0 Å². The van der Waals surface area contributed by atoms with E-state index in [1.54, 1.807) is 0 Å². The average molecular weight is 341 g/mol. The van der Waals surface area contributed by atoms with Crippen LogP contribution in [-0.2, 0) is 0 Å². The molecule has 2 aliphatic carbocycles. The fraction of sp³-hybridized carbons (Fsp3) is 0.714. The molecule has 136 valence electrons. The van der Waals surface area contributed by atoms with Crippen LogP contribution in [0.3, 0.4) is 0 Å². The van der Waals surface area contributed by atoms with Gasteiger partial charge in [0.2, 0.25) is 0 Å². The number of carbonyl (C=O) groups excluding carboxylic acids is 1. The number of hydrogen-bond acceptors (Lipinski definition) is 2. The third kappa shape index (κ3) is 3.83. The lowest BCUT2D eigenvalue weighted by Crippen LogP contribution is -2.43. The molecule has 1 saturated heterocycles. The SMILES string of the molecule is O=C(NCC[C@@H]1C[C@H]2CC[C@H]1C2)N1CCCCC[C@@H]1c1ccncc1. The van der Waals surface area contributed by atoms with Crippen molar-refractivity contribution in [3.63, 3.8) is 0 Å². The van der Waals surface area contributed by atoms with Crippen LogP contribution < -0.4 is 5.32 Å². The monoisotopic (exact) mass is 341 g/mol. The lowest BCUT2D eigenvalue weighted by Gasteiger charge is -2.31. The highest BCUT2D eigenvalue weighted by molar-refractivity contribution is 5.74. The standard InChI is InChI=1S/C21H31N3O/c25-21(23-12-9-19-15-16-5-6-18(19)14-16)24-13-3-1-2-4-20(24)17-7-10-22-11-8-17/h7-8,10-11,16,18-20H,1-6,9,12-15H2,(H,23,25)/t16-,18-,19+,20+/m0/s1. The number of nitrogens with one attached hydrogen (secondary N) is 1. The molecule has 1 aromatic rings. The number of urea groups is 1. The van der Waals surface area contributed by atoms with E-state index in [-0.39, 0.29) is 12.1 Å². The van der Waals surface area contributed by atoms with Crippen LogP contribution in [0.15, 0.2) is 24.5 Å². The van der Waals surface area contributed by atoms with Gasteiger partial charge in [0.05, 0.1) is 6.04 Å². The highest BCUT2D eigenvalue weighted by atomic mass is 16.2. The first-order valence-electron chi connectivity index (χ1n) is 10.3. The molecule has 3 aliphatic rings. The number of pyridine rings is 1. The van der Waals surface area contributed by atoms with Gasteiger partial charge < -0.3 is 10.2 Å². The summed E-state index contributed by atoms with van der Waals surface area (Å²) >= 11 is 0. The molecule has 2 heterocycles. The Balaban J connectivity index is 1.33. The second-order valence-electron chi connectivity index (χ2n) is 8.29. The third-order valence-electron chi connectivity index (χ3n) is 6.78. The molecule has 0 radical (unpaired) electrons. The molecule has 2 amide bonds. The van der Waals surface area contributed by atoms with Crippen LogP contribution in [0.5, 0.6) is 0 Å². The van der Waals surface area contributed by atoms with Crippen molar-refractivity contribution in [3.05, 3.63) is 30.1 Å². The largest absolute Gasteiger partial charge is 0.338 e. The summed E-state index contributed by atoms with van der Waals surface area (Å²) < 4.78 is 0. The van der Waals surface area contributed by atoms with Crippen molar-refractivity contribution in [1.29, 1.82) is 0 Å². The van der Waals surface area contributed by atoms with Crippen LogP contribution in [0.1, 0.15) is 69.4 Å². The van der Waals surface area contributed by atoms with E-state index < -0.39 is 0 Å². The van der Waals surface area contributed by atoms with Gasteiger partial charge >= 0.3 is 6.03 Å². The van der Waals surface area contributed by atoms with E-state index in [2.05, 4.69) is 27.3 Å². The van der Waals surface area contributed by atoms with Crippen molar-refractivity contribution >= 4 is 6.03 Å². The number of hydrogen-bond donors (Lipinski definition) is 1. The Labute approximate surface area is 151 Å². The molecule has 4 heteroatoms. The zero-order valence-corrected chi connectivity index (χ0v) is 15.2. The maximum absolute atomic E-state index is 12.9. The molecule has 2 bridgehead atoms. The maximum atomic E-state index is 12.9. The lowest BCUT2D eigenvalue weighted by atomic mass is 9.86. The molecule has 4 nitrogen and oxygen atoms in total. The van der Waals surface area contributed by atoms with Crippen LogP contribution >= 0.6 is 0 Å². The van der Waals surface area contributed by atoms with Crippen LogP contribution in [0.2, 0.25) is 0 Å². The zero-order chi connectivity index (χ0) is 17.1. The summed E-state index contributed by atoms with van der Waals surface area (Å²) in [7, 11) is 0. The van der Waals surface area contributed by atoms with Crippen LogP contribution in [0, 0.1) is 17.8 Å². The Hall–Kier alpha value is -1.58. The normalized spacial score (nSPS) is 31.8. The van der Waals surface area contributed by atoms with Gasteiger partial charge in [0, 0.05) is 25.5 Å². The van der Waals surface area contributed by atoms with E-state index in [4.69, 9.17) is 0 Å². The summed E-state index contributed by atoms with van der Waals surface area (Å²) in [4.78, 5) is 19.1. The molecule has 1 N–H and O–H groups in total. The fourth-order valence-corrected chi connectivity index (χ4v) is 5.48. The number of carbonyl (C=O) groups is 1. The average Bonchev–Trinajstić information content (AvgIpc) is 3.17. The Morgan fingerprint density at radius 2 is 2.00 bits per heavy atom. The summed E-state index contributed by atoms with van der Waals surface area (Å²) in [5.74, 6) is 2.80. The van der Waals surface area contributed by atoms with E-state index in [0.29, 0.717) is 0 Å². The number of nitrogens with zero attached hydrogens (tertiary/aromatic N) is 2. The second-order valence-corrected chi connectivity index (χ2v) is 8.29. The van der Waals surface area contributed by atoms with Gasteiger partial charge in [0.25, 0.3) is 0 Å². The Morgan fingerprint density at radius 1 is 1.12 bits per heavy atom. The van der Waals surface area contributed by atoms with Crippen molar-refractivity contribution in [2.45, 2.75) is 63.8 Å². The van der Waals surface area contributed by atoms with Gasteiger partial charge in [-0.2, -0.15) is 0 Å². The second kappa shape index (κ2) is 7.76. The first-order chi connectivity index (χ1) is 12.3. The summed E-state index contributed by atoms with van der Waals surface area (Å²) in [6.45, 7) is 1.71. The van der Waals surface area contributed by atoms with Crippen LogP contribution in [0.25, 0.3) is 0 Å². The summed E-state index contributed by atoms with van der Waals surface area (Å²) in [5.41, 5.74) is 1.22. The zero-order valence-electron chi connectivity index (χ0n) is 15.2. The van der Waals surface area contributed by atoms with Crippen molar-refractivity contribution in [1.82, 2.24) is 15.2 Å². The molecule has 2 saturated carbocycles. The molecule has 4 rings (SSSR count). The Morgan fingerprint density at radius 3 is 2.76 bits per heavy atom.